The van der Waals surface area contributed by atoms with Crippen LogP contribution in [0.25, 0.3) is 0 Å². The van der Waals surface area contributed by atoms with Gasteiger partial charge in [0.15, 0.2) is 0 Å². The molecule has 0 atom stereocenters. The molecular weight excluding hydrogens is 195 g/mol. The molecule has 0 aliphatic heterocycles. The van der Waals surface area contributed by atoms with Crippen LogP contribution in [0.2, 0.25) is 0 Å². The lowest BCUT2D eigenvalue weighted by atomic mass is 10.1. The van der Waals surface area contributed by atoms with Crippen molar-refractivity contribution in [1.29, 1.82) is 5.41 Å². The fourth-order valence-corrected chi connectivity index (χ4v) is 1.15. The maximum atomic E-state index is 13.1. The van der Waals surface area contributed by atoms with Crippen LogP contribution in [0, 0.1) is 11.2 Å². The zero-order chi connectivity index (χ0) is 11.4. The summed E-state index contributed by atoms with van der Waals surface area (Å²) in [6.07, 6.45) is 0.0917. The molecule has 0 saturated heterocycles. The lowest BCUT2D eigenvalue weighted by Gasteiger charge is -2.08. The number of rotatable bonds is 4. The third kappa shape index (κ3) is 3.67. The van der Waals surface area contributed by atoms with Crippen molar-refractivity contribution in [3.8, 4) is 0 Å². The summed E-state index contributed by atoms with van der Waals surface area (Å²) < 4.78 is 18.4. The van der Waals surface area contributed by atoms with Gasteiger partial charge in [-0.15, -0.1) is 0 Å². The fraction of sp³-hybridized carbons (Fsp3) is 0.364. The maximum Gasteiger partial charge on any atom is 0.124 e. The second-order valence-electron chi connectivity index (χ2n) is 3.62. The van der Waals surface area contributed by atoms with Crippen LogP contribution in [-0.4, -0.2) is 11.9 Å². The summed E-state index contributed by atoms with van der Waals surface area (Å²) in [5, 5.41) is 7.22. The Morgan fingerprint density at radius 2 is 2.13 bits per heavy atom. The molecule has 3 nitrogen and oxygen atoms in total. The van der Waals surface area contributed by atoms with Crippen LogP contribution in [-0.2, 0) is 11.3 Å². The normalized spacial score (nSPS) is 10.7. The van der Waals surface area contributed by atoms with Gasteiger partial charge in [0.25, 0.3) is 0 Å². The van der Waals surface area contributed by atoms with Crippen molar-refractivity contribution in [2.24, 2.45) is 5.73 Å². The van der Waals surface area contributed by atoms with Crippen molar-refractivity contribution in [2.75, 3.05) is 0 Å². The maximum absolute atomic E-state index is 13.1. The molecule has 1 rings (SSSR count). The molecule has 0 aliphatic rings. The quantitative estimate of drug-likeness (QED) is 0.590. The third-order valence-electron chi connectivity index (χ3n) is 1.85. The Morgan fingerprint density at radius 3 is 2.67 bits per heavy atom. The Kier molecular flexibility index (Phi) is 3.80. The third-order valence-corrected chi connectivity index (χ3v) is 1.85. The number of ether oxygens (including phenoxy) is 1. The van der Waals surface area contributed by atoms with Gasteiger partial charge in [-0.05, 0) is 37.6 Å². The highest BCUT2D eigenvalue weighted by Crippen LogP contribution is 2.10. The van der Waals surface area contributed by atoms with Gasteiger partial charge in [-0.2, -0.15) is 0 Å². The van der Waals surface area contributed by atoms with Crippen molar-refractivity contribution in [2.45, 2.75) is 26.6 Å². The minimum Gasteiger partial charge on any atom is -0.384 e. The van der Waals surface area contributed by atoms with Crippen molar-refractivity contribution < 1.29 is 9.13 Å². The molecule has 0 unspecified atom stereocenters. The molecule has 0 fully saturated rings. The Balaban J connectivity index is 2.84. The van der Waals surface area contributed by atoms with Gasteiger partial charge >= 0.3 is 0 Å². The highest BCUT2D eigenvalue weighted by atomic mass is 19.1. The van der Waals surface area contributed by atoms with Gasteiger partial charge in [-0.25, -0.2) is 4.39 Å². The van der Waals surface area contributed by atoms with Crippen LogP contribution in [0.15, 0.2) is 18.2 Å². The predicted octanol–water partition coefficient (Wildman–Crippen LogP) is 2.03. The predicted molar refractivity (Wildman–Crippen MR) is 57.3 cm³/mol. The zero-order valence-corrected chi connectivity index (χ0v) is 8.88. The van der Waals surface area contributed by atoms with Gasteiger partial charge < -0.3 is 10.5 Å². The number of nitrogens with two attached hydrogens (primary N) is 1. The Labute approximate surface area is 88.6 Å². The first-order chi connectivity index (χ1) is 6.99. The zero-order valence-electron chi connectivity index (χ0n) is 8.88. The Bertz CT molecular complexity index is 364. The minimum absolute atomic E-state index is 0.0917. The van der Waals surface area contributed by atoms with Gasteiger partial charge in [0.1, 0.15) is 11.7 Å². The van der Waals surface area contributed by atoms with E-state index in [0.29, 0.717) is 17.7 Å². The van der Waals surface area contributed by atoms with Crippen LogP contribution in [0.3, 0.4) is 0 Å². The molecule has 0 saturated carbocycles. The first-order valence-electron chi connectivity index (χ1n) is 4.74. The van der Waals surface area contributed by atoms with E-state index in [1.807, 2.05) is 13.8 Å². The molecular formula is C11H15FN2O. The van der Waals surface area contributed by atoms with Crippen LogP contribution in [0.5, 0.6) is 0 Å². The molecule has 0 radical (unpaired) electrons. The number of nitrogen functional groups attached to an aromatic ring is 1. The first-order valence-corrected chi connectivity index (χ1v) is 4.74. The summed E-state index contributed by atoms with van der Waals surface area (Å²) >= 11 is 0. The van der Waals surface area contributed by atoms with Gasteiger partial charge in [-0.1, -0.05) is 0 Å². The Hall–Kier alpha value is -1.42. The molecule has 1 aromatic carbocycles. The molecule has 15 heavy (non-hydrogen) atoms. The largest absolute Gasteiger partial charge is 0.384 e. The van der Waals surface area contributed by atoms with Crippen molar-refractivity contribution in [1.82, 2.24) is 0 Å². The molecule has 0 bridgehead atoms. The summed E-state index contributed by atoms with van der Waals surface area (Å²) in [5.74, 6) is -0.537. The van der Waals surface area contributed by atoms with Crippen molar-refractivity contribution in [3.63, 3.8) is 0 Å². The molecule has 0 amide bonds. The van der Waals surface area contributed by atoms with E-state index in [2.05, 4.69) is 0 Å². The van der Waals surface area contributed by atoms with Crippen LogP contribution >= 0.6 is 0 Å². The van der Waals surface area contributed by atoms with Crippen LogP contribution in [0.4, 0.5) is 4.39 Å². The summed E-state index contributed by atoms with van der Waals surface area (Å²) in [5.41, 5.74) is 6.36. The average Bonchev–Trinajstić information content (AvgIpc) is 2.13. The number of hydrogen-bond acceptors (Lipinski definition) is 2. The molecule has 0 aliphatic carbocycles. The summed E-state index contributed by atoms with van der Waals surface area (Å²) in [7, 11) is 0. The van der Waals surface area contributed by atoms with Crippen LogP contribution < -0.4 is 5.73 Å². The molecule has 4 heteroatoms. The molecule has 3 N–H and O–H groups in total. The number of halogens is 1. The van der Waals surface area contributed by atoms with E-state index in [1.165, 1.54) is 12.1 Å². The lowest BCUT2D eigenvalue weighted by molar-refractivity contribution is 0.0655. The van der Waals surface area contributed by atoms with E-state index in [-0.39, 0.29) is 11.9 Å². The number of nitrogens with one attached hydrogen (secondary N) is 1. The van der Waals surface area contributed by atoms with E-state index in [0.717, 1.165) is 0 Å². The molecule has 0 spiro atoms. The topological polar surface area (TPSA) is 59.1 Å². The first kappa shape index (κ1) is 11.7. The number of amidine groups is 1. The van der Waals surface area contributed by atoms with Gasteiger partial charge in [0, 0.05) is 5.56 Å². The standard InChI is InChI=1S/C11H15FN2O/c1-7(2)15-6-8-3-9(11(13)14)5-10(12)4-8/h3-5,7H,6H2,1-2H3,(H3,13,14). The lowest BCUT2D eigenvalue weighted by Crippen LogP contribution is -2.12. The number of benzene rings is 1. The second-order valence-corrected chi connectivity index (χ2v) is 3.62. The van der Waals surface area contributed by atoms with Gasteiger partial charge in [0.05, 0.1) is 12.7 Å². The van der Waals surface area contributed by atoms with Crippen LogP contribution in [0.1, 0.15) is 25.0 Å². The highest BCUT2D eigenvalue weighted by Gasteiger charge is 2.04. The van der Waals surface area contributed by atoms with Crippen molar-refractivity contribution in [3.05, 3.63) is 35.1 Å². The van der Waals surface area contributed by atoms with Crippen molar-refractivity contribution >= 4 is 5.84 Å². The monoisotopic (exact) mass is 210 g/mol. The highest BCUT2D eigenvalue weighted by molar-refractivity contribution is 5.95. The van der Waals surface area contributed by atoms with Gasteiger partial charge in [-0.3, -0.25) is 5.41 Å². The summed E-state index contributed by atoms with van der Waals surface area (Å²) in [6.45, 7) is 4.14. The fourth-order valence-electron chi connectivity index (χ4n) is 1.15. The second kappa shape index (κ2) is 4.89. The summed E-state index contributed by atoms with van der Waals surface area (Å²) in [4.78, 5) is 0. The van der Waals surface area contributed by atoms with Gasteiger partial charge in [0.2, 0.25) is 0 Å². The Morgan fingerprint density at radius 1 is 1.47 bits per heavy atom. The van der Waals surface area contributed by atoms with E-state index in [9.17, 15) is 4.39 Å². The molecule has 82 valence electrons. The van der Waals surface area contributed by atoms with E-state index in [1.54, 1.807) is 6.07 Å². The van der Waals surface area contributed by atoms with E-state index < -0.39 is 5.82 Å². The molecule has 1 aromatic rings. The smallest absolute Gasteiger partial charge is 0.124 e. The molecule has 0 aromatic heterocycles. The minimum atomic E-state index is -0.398. The molecule has 0 heterocycles. The SMILES string of the molecule is CC(C)OCc1cc(F)cc(C(=N)N)c1. The average molecular weight is 210 g/mol. The van der Waals surface area contributed by atoms with E-state index in [4.69, 9.17) is 15.9 Å². The number of hydrogen-bond donors (Lipinski definition) is 2. The summed E-state index contributed by atoms with van der Waals surface area (Å²) in [6, 6.07) is 4.28. The van der Waals surface area contributed by atoms with E-state index >= 15 is 0 Å².